The van der Waals surface area contributed by atoms with E-state index in [0.29, 0.717) is 0 Å². The van der Waals surface area contributed by atoms with Crippen molar-refractivity contribution in [2.24, 2.45) is 0 Å². The van der Waals surface area contributed by atoms with Crippen molar-refractivity contribution in [3.05, 3.63) is 35.2 Å². The molecule has 16 heavy (non-hydrogen) atoms. The first-order valence-electron chi connectivity index (χ1n) is 3.88. The number of alkyl halides is 3. The van der Waals surface area contributed by atoms with E-state index in [1.165, 1.54) is 6.07 Å². The molecule has 0 spiro atoms. The van der Waals surface area contributed by atoms with Crippen LogP contribution in [-0.2, 0) is 6.18 Å². The molecule has 7 heteroatoms. The third-order valence-electron chi connectivity index (χ3n) is 1.82. The van der Waals surface area contributed by atoms with Crippen LogP contribution in [0.5, 0.6) is 0 Å². The topological polar surface area (TPSA) is 25.8 Å². The van der Waals surface area contributed by atoms with Crippen molar-refractivity contribution in [1.82, 2.24) is 9.97 Å². The number of rotatable bonds is 0. The number of nitrogens with zero attached hydrogens (tertiary/aromatic N) is 2. The zero-order chi connectivity index (χ0) is 11.1. The second-order valence-electron chi connectivity index (χ2n) is 2.84. The first-order valence-corrected chi connectivity index (χ1v) is 4.26. The average molecular weight is 372 g/mol. The van der Waals surface area contributed by atoms with E-state index in [1.54, 1.807) is 0 Å². The predicted molar refractivity (Wildman–Crippen MR) is 48.4 cm³/mol. The van der Waals surface area contributed by atoms with Crippen LogP contribution in [0.3, 0.4) is 0 Å². The fourth-order valence-electron chi connectivity index (χ4n) is 1.13. The molecule has 0 aromatic carbocycles. The number of fused-ring (bicyclic) bond motifs is 1. The molecule has 2 heterocycles. The van der Waals surface area contributed by atoms with Crippen LogP contribution in [-0.4, -0.2) is 9.97 Å². The molecule has 0 saturated carbocycles. The Morgan fingerprint density at radius 3 is 2.62 bits per heavy atom. The minimum Gasteiger partial charge on any atom is -0.374 e. The number of hydrogen-bond acceptors (Lipinski definition) is 2. The molecular weight excluding hydrogens is 369 g/mol. The second kappa shape index (κ2) is 5.11. The molecule has 0 radical (unpaired) electrons. The molecule has 0 atom stereocenters. The van der Waals surface area contributed by atoms with Gasteiger partial charge < -0.3 is 4.98 Å². The van der Waals surface area contributed by atoms with Crippen LogP contribution in [0.15, 0.2) is 18.3 Å². The second-order valence-corrected chi connectivity index (χ2v) is 3.19. The molecule has 2 rings (SSSR count). The summed E-state index contributed by atoms with van der Waals surface area (Å²) in [5.74, 6) is 0. The normalized spacial score (nSPS) is 11.2. The standard InChI is InChI=1S/C9H3ClF3N2.Ce/c10-8-7-5(1-2-14-8)3-6(4-15-7)9(11,12)13;/h1,3-4H;/q-1;. The van der Waals surface area contributed by atoms with Gasteiger partial charge in [-0.25, -0.2) is 0 Å². The summed E-state index contributed by atoms with van der Waals surface area (Å²) in [7, 11) is 0. The van der Waals surface area contributed by atoms with E-state index in [0.717, 1.165) is 12.3 Å². The van der Waals surface area contributed by atoms with E-state index >= 15 is 0 Å². The summed E-state index contributed by atoms with van der Waals surface area (Å²) in [5.41, 5.74) is -0.575. The number of aromatic nitrogens is 2. The Balaban J connectivity index is 0.00000128. The molecule has 0 aliphatic rings. The monoisotopic (exact) mass is 371 g/mol. The number of hydrogen-bond donors (Lipinski definition) is 0. The SMILES string of the molecule is FC(F)(F)c1cnc2c(Cl)n[c-]cc2c1.[Ce]. The molecule has 0 aliphatic heterocycles. The number of pyridine rings is 2. The third-order valence-corrected chi connectivity index (χ3v) is 2.09. The van der Waals surface area contributed by atoms with Gasteiger partial charge in [0.25, 0.3) is 0 Å². The molecule has 0 bridgehead atoms. The van der Waals surface area contributed by atoms with Crippen molar-refractivity contribution >= 4 is 22.5 Å². The molecule has 0 amide bonds. The summed E-state index contributed by atoms with van der Waals surface area (Å²) in [4.78, 5) is 7.21. The van der Waals surface area contributed by atoms with Crippen LogP contribution < -0.4 is 0 Å². The van der Waals surface area contributed by atoms with Crippen LogP contribution in [0.25, 0.3) is 10.9 Å². The summed E-state index contributed by atoms with van der Waals surface area (Å²) in [6, 6.07) is 2.27. The Morgan fingerprint density at radius 2 is 2.00 bits per heavy atom. The third kappa shape index (κ3) is 2.82. The van der Waals surface area contributed by atoms with E-state index < -0.39 is 11.7 Å². The van der Waals surface area contributed by atoms with Gasteiger partial charge in [0, 0.05) is 53.1 Å². The summed E-state index contributed by atoms with van der Waals surface area (Å²) >= 11 is 5.64. The smallest absolute Gasteiger partial charge is 0.374 e. The van der Waals surface area contributed by atoms with E-state index in [9.17, 15) is 13.2 Å². The fourth-order valence-corrected chi connectivity index (χ4v) is 1.34. The summed E-state index contributed by atoms with van der Waals surface area (Å²) in [6.45, 7) is 0. The van der Waals surface area contributed by atoms with Crippen LogP contribution >= 0.6 is 11.6 Å². The minimum absolute atomic E-state index is 0. The van der Waals surface area contributed by atoms with E-state index in [4.69, 9.17) is 11.6 Å². The first-order chi connectivity index (χ1) is 6.98. The van der Waals surface area contributed by atoms with Gasteiger partial charge in [-0.05, 0) is 5.52 Å². The van der Waals surface area contributed by atoms with Crippen molar-refractivity contribution in [3.63, 3.8) is 0 Å². The maximum atomic E-state index is 12.3. The maximum absolute atomic E-state index is 12.3. The van der Waals surface area contributed by atoms with Gasteiger partial charge in [-0.3, -0.25) is 4.98 Å². The van der Waals surface area contributed by atoms with Gasteiger partial charge in [-0.1, -0.05) is 12.3 Å². The molecule has 2 aromatic rings. The Hall–Kier alpha value is 0.0166. The molecule has 0 N–H and O–H groups in total. The summed E-state index contributed by atoms with van der Waals surface area (Å²) in [5, 5.41) is 0.311. The maximum Gasteiger partial charge on any atom is 0.416 e. The molecular formula is C9H3CeClF3N2-. The molecule has 0 saturated heterocycles. The molecule has 0 unspecified atom stereocenters. The first kappa shape index (κ1) is 14.1. The van der Waals surface area contributed by atoms with Crippen LogP contribution in [0.2, 0.25) is 5.15 Å². The van der Waals surface area contributed by atoms with Crippen molar-refractivity contribution in [1.29, 1.82) is 0 Å². The minimum atomic E-state index is -4.41. The van der Waals surface area contributed by atoms with Gasteiger partial charge in [0.1, 0.15) is 0 Å². The Bertz CT molecular complexity index is 516. The Morgan fingerprint density at radius 1 is 1.31 bits per heavy atom. The Kier molecular flexibility index (Phi) is 4.50. The Labute approximate surface area is 128 Å². The predicted octanol–water partition coefficient (Wildman–Crippen LogP) is 3.10. The molecule has 2 aromatic heterocycles. The largest absolute Gasteiger partial charge is 0.416 e. The van der Waals surface area contributed by atoms with Crippen molar-refractivity contribution in [3.8, 4) is 0 Å². The quantitative estimate of drug-likeness (QED) is 0.525. The van der Waals surface area contributed by atoms with Gasteiger partial charge in [0.05, 0.1) is 5.56 Å². The van der Waals surface area contributed by atoms with Gasteiger partial charge in [-0.2, -0.15) is 13.2 Å². The van der Waals surface area contributed by atoms with Crippen molar-refractivity contribution in [2.45, 2.75) is 6.18 Å². The van der Waals surface area contributed by atoms with E-state index in [2.05, 4.69) is 16.2 Å². The van der Waals surface area contributed by atoms with Gasteiger partial charge in [0.15, 0.2) is 0 Å². The summed E-state index contributed by atoms with van der Waals surface area (Å²) < 4.78 is 37.0. The van der Waals surface area contributed by atoms with Crippen molar-refractivity contribution in [2.75, 3.05) is 0 Å². The van der Waals surface area contributed by atoms with E-state index in [-0.39, 0.29) is 57.8 Å². The molecule has 0 fully saturated rings. The zero-order valence-corrected chi connectivity index (χ0v) is 11.5. The van der Waals surface area contributed by atoms with Crippen LogP contribution in [0.1, 0.15) is 5.56 Å². The zero-order valence-electron chi connectivity index (χ0n) is 7.64. The van der Waals surface area contributed by atoms with Gasteiger partial charge >= 0.3 is 6.18 Å². The molecule has 82 valence electrons. The summed E-state index contributed by atoms with van der Waals surface area (Å²) in [6.07, 6.45) is -1.28. The average Bonchev–Trinajstić information content (AvgIpc) is 2.16. The molecule has 2 nitrogen and oxygen atoms in total. The van der Waals surface area contributed by atoms with Gasteiger partial charge in [-0.15, -0.1) is 23.1 Å². The fraction of sp³-hybridized carbons (Fsp3) is 0.111. The van der Waals surface area contributed by atoms with Crippen LogP contribution in [0, 0.1) is 47.9 Å². The molecule has 0 aliphatic carbocycles. The van der Waals surface area contributed by atoms with Crippen LogP contribution in [0.4, 0.5) is 13.2 Å². The van der Waals surface area contributed by atoms with Crippen molar-refractivity contribution < 1.29 is 54.9 Å². The van der Waals surface area contributed by atoms with Gasteiger partial charge in [0.2, 0.25) is 0 Å². The number of halogens is 4. The van der Waals surface area contributed by atoms with E-state index in [1.807, 2.05) is 0 Å².